The number of aliphatic hydroxyl groups excluding tert-OH is 1. The Morgan fingerprint density at radius 1 is 1.40 bits per heavy atom. The first-order valence-corrected chi connectivity index (χ1v) is 6.63. The van der Waals surface area contributed by atoms with Gasteiger partial charge < -0.3 is 14.8 Å². The van der Waals surface area contributed by atoms with Crippen LogP contribution in [0.25, 0.3) is 11.0 Å². The normalized spacial score (nSPS) is 13.7. The van der Waals surface area contributed by atoms with Crippen molar-refractivity contribution in [2.45, 2.75) is 39.2 Å². The lowest BCUT2D eigenvalue weighted by Gasteiger charge is -2.23. The van der Waals surface area contributed by atoms with Gasteiger partial charge in [-0.1, -0.05) is 26.8 Å². The van der Waals surface area contributed by atoms with Gasteiger partial charge in [0.1, 0.15) is 11.3 Å². The summed E-state index contributed by atoms with van der Waals surface area (Å²) in [5.74, 6) is -0.208. The molecule has 20 heavy (non-hydrogen) atoms. The number of aromatic carboxylic acids is 1. The smallest absolute Gasteiger partial charge is 0.337 e. The quantitative estimate of drug-likeness (QED) is 0.903. The monoisotopic (exact) mass is 276 g/mol. The summed E-state index contributed by atoms with van der Waals surface area (Å²) in [6.07, 6.45) is 0. The van der Waals surface area contributed by atoms with Crippen LogP contribution in [0.15, 0.2) is 18.2 Å². The minimum atomic E-state index is -0.989. The van der Waals surface area contributed by atoms with Gasteiger partial charge in [0.25, 0.3) is 0 Å². The number of carboxylic acids is 1. The lowest BCUT2D eigenvalue weighted by atomic mass is 9.95. The third-order valence-corrected chi connectivity index (χ3v) is 3.33. The van der Waals surface area contributed by atoms with Crippen LogP contribution in [0.5, 0.6) is 0 Å². The molecule has 1 aromatic heterocycles. The van der Waals surface area contributed by atoms with Crippen LogP contribution >= 0.6 is 0 Å². The van der Waals surface area contributed by atoms with Gasteiger partial charge in [-0.2, -0.15) is 0 Å². The maximum atomic E-state index is 11.3. The molecule has 1 heterocycles. The van der Waals surface area contributed by atoms with Crippen molar-refractivity contribution in [2.24, 2.45) is 0 Å². The first-order chi connectivity index (χ1) is 9.27. The largest absolute Gasteiger partial charge is 0.478 e. The number of carboxylic acid groups (broad SMARTS) is 1. The zero-order valence-electron chi connectivity index (χ0n) is 12.2. The van der Waals surface area contributed by atoms with Crippen molar-refractivity contribution in [3.63, 3.8) is 0 Å². The topological polar surface area (TPSA) is 75.3 Å². The fourth-order valence-electron chi connectivity index (χ4n) is 2.35. The number of imidazole rings is 1. The number of carbonyl (C=O) groups is 1. The van der Waals surface area contributed by atoms with Gasteiger partial charge in [0.15, 0.2) is 0 Å². The highest BCUT2D eigenvalue weighted by atomic mass is 16.4. The van der Waals surface area contributed by atoms with E-state index in [0.717, 1.165) is 11.3 Å². The van der Waals surface area contributed by atoms with Crippen LogP contribution in [0.4, 0.5) is 0 Å². The molecular weight excluding hydrogens is 256 g/mol. The van der Waals surface area contributed by atoms with Crippen molar-refractivity contribution in [2.75, 3.05) is 6.61 Å². The summed E-state index contributed by atoms with van der Waals surface area (Å²) in [5, 5.41) is 18.8. The van der Waals surface area contributed by atoms with Crippen molar-refractivity contribution in [1.29, 1.82) is 0 Å². The zero-order chi connectivity index (χ0) is 15.1. The van der Waals surface area contributed by atoms with Crippen LogP contribution in [-0.2, 0) is 5.41 Å². The summed E-state index contributed by atoms with van der Waals surface area (Å²) in [6.45, 7) is 7.94. The predicted molar refractivity (Wildman–Crippen MR) is 77.2 cm³/mol. The number of aromatic nitrogens is 2. The molecule has 2 rings (SSSR count). The van der Waals surface area contributed by atoms with E-state index in [4.69, 9.17) is 0 Å². The van der Waals surface area contributed by atoms with Crippen molar-refractivity contribution in [1.82, 2.24) is 9.55 Å². The van der Waals surface area contributed by atoms with E-state index in [0.29, 0.717) is 5.52 Å². The number of fused-ring (bicyclic) bond motifs is 1. The molecule has 0 bridgehead atoms. The molecule has 0 spiro atoms. The molecule has 0 aliphatic carbocycles. The second kappa shape index (κ2) is 4.90. The van der Waals surface area contributed by atoms with Crippen LogP contribution in [-0.4, -0.2) is 32.3 Å². The first kappa shape index (κ1) is 14.5. The highest BCUT2D eigenvalue weighted by Gasteiger charge is 2.26. The van der Waals surface area contributed by atoms with E-state index in [-0.39, 0.29) is 23.6 Å². The number of rotatable bonds is 3. The van der Waals surface area contributed by atoms with E-state index < -0.39 is 5.97 Å². The number of benzene rings is 1. The lowest BCUT2D eigenvalue weighted by molar-refractivity contribution is 0.0699. The Bertz CT molecular complexity index is 653. The highest BCUT2D eigenvalue weighted by Crippen LogP contribution is 2.30. The average Bonchev–Trinajstić information content (AvgIpc) is 2.76. The van der Waals surface area contributed by atoms with Gasteiger partial charge in [0.2, 0.25) is 0 Å². The Morgan fingerprint density at radius 3 is 2.55 bits per heavy atom. The molecule has 1 atom stereocenters. The van der Waals surface area contributed by atoms with Gasteiger partial charge in [-0.3, -0.25) is 0 Å². The van der Waals surface area contributed by atoms with Crippen LogP contribution in [0, 0.1) is 0 Å². The maximum Gasteiger partial charge on any atom is 0.337 e. The first-order valence-electron chi connectivity index (χ1n) is 6.63. The fourth-order valence-corrected chi connectivity index (χ4v) is 2.35. The summed E-state index contributed by atoms with van der Waals surface area (Å²) >= 11 is 0. The van der Waals surface area contributed by atoms with Crippen molar-refractivity contribution >= 4 is 17.0 Å². The van der Waals surface area contributed by atoms with Crippen LogP contribution < -0.4 is 0 Å². The molecule has 5 heteroatoms. The molecular formula is C15H20N2O3. The molecule has 0 fully saturated rings. The Balaban J connectivity index is 2.86. The summed E-state index contributed by atoms with van der Waals surface area (Å²) in [5.41, 5.74) is 1.18. The number of hydrogen-bond donors (Lipinski definition) is 2. The summed E-state index contributed by atoms with van der Waals surface area (Å²) in [4.78, 5) is 15.9. The molecule has 0 amide bonds. The Morgan fingerprint density at radius 2 is 2.05 bits per heavy atom. The molecule has 0 saturated heterocycles. The molecule has 5 nitrogen and oxygen atoms in total. The minimum absolute atomic E-state index is 0.0220. The Kier molecular flexibility index (Phi) is 3.56. The number of para-hydroxylation sites is 1. The summed E-state index contributed by atoms with van der Waals surface area (Å²) in [7, 11) is 0. The number of nitrogens with zero attached hydrogens (tertiary/aromatic N) is 2. The van der Waals surface area contributed by atoms with E-state index in [1.165, 1.54) is 0 Å². The van der Waals surface area contributed by atoms with E-state index in [2.05, 4.69) is 4.98 Å². The lowest BCUT2D eigenvalue weighted by Crippen LogP contribution is -2.22. The van der Waals surface area contributed by atoms with Crippen LogP contribution in [0.3, 0.4) is 0 Å². The zero-order valence-corrected chi connectivity index (χ0v) is 12.2. The second-order valence-corrected chi connectivity index (χ2v) is 6.07. The minimum Gasteiger partial charge on any atom is -0.478 e. The van der Waals surface area contributed by atoms with Crippen molar-refractivity contribution < 1.29 is 15.0 Å². The van der Waals surface area contributed by atoms with Gasteiger partial charge in [-0.25, -0.2) is 9.78 Å². The second-order valence-electron chi connectivity index (χ2n) is 6.07. The fraction of sp³-hybridized carbons (Fsp3) is 0.467. The van der Waals surface area contributed by atoms with E-state index in [1.807, 2.05) is 38.3 Å². The molecule has 1 aromatic carbocycles. The van der Waals surface area contributed by atoms with Crippen LogP contribution in [0.1, 0.15) is 49.9 Å². The van der Waals surface area contributed by atoms with Crippen molar-refractivity contribution in [3.05, 3.63) is 29.6 Å². The maximum absolute atomic E-state index is 11.3. The summed E-state index contributed by atoms with van der Waals surface area (Å²) in [6, 6.07) is 4.95. The standard InChI is InChI=1S/C15H20N2O3/c1-9(8-18)17-11-7-5-6-10(13(19)20)12(11)16-14(17)15(2,3)4/h5-7,9,18H,8H2,1-4H3,(H,19,20). The van der Waals surface area contributed by atoms with Gasteiger partial charge >= 0.3 is 5.97 Å². The molecule has 2 N–H and O–H groups in total. The van der Waals surface area contributed by atoms with E-state index in [9.17, 15) is 15.0 Å². The third-order valence-electron chi connectivity index (χ3n) is 3.33. The Labute approximate surface area is 117 Å². The van der Waals surface area contributed by atoms with Gasteiger partial charge in [0.05, 0.1) is 23.7 Å². The molecule has 1 unspecified atom stereocenters. The highest BCUT2D eigenvalue weighted by molar-refractivity contribution is 6.01. The van der Waals surface area contributed by atoms with Gasteiger partial charge in [-0.15, -0.1) is 0 Å². The summed E-state index contributed by atoms with van der Waals surface area (Å²) < 4.78 is 1.93. The molecule has 0 aliphatic heterocycles. The molecule has 2 aromatic rings. The third kappa shape index (κ3) is 2.29. The molecule has 108 valence electrons. The number of aliphatic hydroxyl groups is 1. The van der Waals surface area contributed by atoms with E-state index >= 15 is 0 Å². The van der Waals surface area contributed by atoms with E-state index in [1.54, 1.807) is 12.1 Å². The van der Waals surface area contributed by atoms with Gasteiger partial charge in [0, 0.05) is 5.41 Å². The molecule has 0 aliphatic rings. The molecule has 0 radical (unpaired) electrons. The molecule has 0 saturated carbocycles. The van der Waals surface area contributed by atoms with Crippen LogP contribution in [0.2, 0.25) is 0 Å². The Hall–Kier alpha value is -1.88. The van der Waals surface area contributed by atoms with Gasteiger partial charge in [-0.05, 0) is 19.1 Å². The van der Waals surface area contributed by atoms with Crippen molar-refractivity contribution in [3.8, 4) is 0 Å². The predicted octanol–water partition coefficient (Wildman–Crippen LogP) is 2.59. The number of hydrogen-bond acceptors (Lipinski definition) is 3. The SMILES string of the molecule is CC(CO)n1c(C(C)(C)C)nc2c(C(=O)O)cccc21. The average molecular weight is 276 g/mol.